The summed E-state index contributed by atoms with van der Waals surface area (Å²) in [6, 6.07) is 4.23. The van der Waals surface area contributed by atoms with Gasteiger partial charge in [-0.25, -0.2) is 9.18 Å². The van der Waals surface area contributed by atoms with Crippen molar-refractivity contribution in [1.82, 2.24) is 10.2 Å². The molecule has 0 aromatic heterocycles. The van der Waals surface area contributed by atoms with Gasteiger partial charge in [-0.1, -0.05) is 19.9 Å². The van der Waals surface area contributed by atoms with Crippen LogP contribution in [0.3, 0.4) is 0 Å². The van der Waals surface area contributed by atoms with Crippen molar-refractivity contribution in [2.24, 2.45) is 0 Å². The molecule has 0 heterocycles. The van der Waals surface area contributed by atoms with Gasteiger partial charge in [0, 0.05) is 6.54 Å². The first-order chi connectivity index (χ1) is 9.58. The van der Waals surface area contributed by atoms with E-state index in [1.165, 1.54) is 12.1 Å². The van der Waals surface area contributed by atoms with Crippen LogP contribution in [0.15, 0.2) is 18.2 Å². The lowest BCUT2D eigenvalue weighted by Gasteiger charge is -2.17. The number of carbonyl (C=O) groups is 1. The van der Waals surface area contributed by atoms with Gasteiger partial charge < -0.3 is 15.3 Å². The normalized spacial score (nSPS) is 11.0. The molecule has 1 aromatic carbocycles. The van der Waals surface area contributed by atoms with E-state index < -0.39 is 11.8 Å². The predicted octanol–water partition coefficient (Wildman–Crippen LogP) is 2.35. The molecule has 1 aromatic rings. The summed E-state index contributed by atoms with van der Waals surface area (Å²) in [6.45, 7) is 8.85. The maximum atomic E-state index is 13.5. The van der Waals surface area contributed by atoms with Gasteiger partial charge in [-0.15, -0.1) is 0 Å². The van der Waals surface area contributed by atoms with E-state index in [9.17, 15) is 9.18 Å². The maximum Gasteiger partial charge on any atom is 0.338 e. The Bertz CT molecular complexity index is 434. The van der Waals surface area contributed by atoms with Crippen molar-refractivity contribution in [3.05, 3.63) is 35.1 Å². The predicted molar refractivity (Wildman–Crippen MR) is 77.5 cm³/mol. The molecule has 0 spiro atoms. The summed E-state index contributed by atoms with van der Waals surface area (Å²) in [5.41, 5.74) is 0.477. The average Bonchev–Trinajstić information content (AvgIpc) is 2.42. The lowest BCUT2D eigenvalue weighted by Crippen LogP contribution is -2.27. The Morgan fingerprint density at radius 3 is 2.60 bits per heavy atom. The van der Waals surface area contributed by atoms with Crippen molar-refractivity contribution in [1.29, 1.82) is 0 Å². The van der Waals surface area contributed by atoms with Gasteiger partial charge >= 0.3 is 5.97 Å². The van der Waals surface area contributed by atoms with E-state index in [1.807, 2.05) is 0 Å². The zero-order valence-corrected chi connectivity index (χ0v) is 12.2. The lowest BCUT2D eigenvalue weighted by atomic mass is 10.1. The first-order valence-electron chi connectivity index (χ1n) is 7.03. The molecule has 0 atom stereocenters. The third-order valence-corrected chi connectivity index (χ3v) is 3.32. The van der Waals surface area contributed by atoms with Gasteiger partial charge in [0.05, 0.1) is 5.56 Å². The number of nitrogens with one attached hydrogen (secondary N) is 1. The molecule has 20 heavy (non-hydrogen) atoms. The highest BCUT2D eigenvalue weighted by atomic mass is 19.1. The molecule has 0 aliphatic carbocycles. The van der Waals surface area contributed by atoms with Gasteiger partial charge in [-0.05, 0) is 50.3 Å². The second-order valence-corrected chi connectivity index (χ2v) is 4.68. The summed E-state index contributed by atoms with van der Waals surface area (Å²) in [5, 5.41) is 12.0. The minimum Gasteiger partial charge on any atom is -0.478 e. The average molecular weight is 282 g/mol. The molecule has 0 bridgehead atoms. The van der Waals surface area contributed by atoms with Gasteiger partial charge in [-0.3, -0.25) is 0 Å². The van der Waals surface area contributed by atoms with Crippen LogP contribution in [0.2, 0.25) is 0 Å². The molecule has 5 heteroatoms. The summed E-state index contributed by atoms with van der Waals surface area (Å²) in [7, 11) is 0. The molecule has 112 valence electrons. The third-order valence-electron chi connectivity index (χ3n) is 3.32. The topological polar surface area (TPSA) is 52.6 Å². The highest BCUT2D eigenvalue weighted by Crippen LogP contribution is 2.10. The minimum atomic E-state index is -1.23. The van der Waals surface area contributed by atoms with Crippen LogP contribution in [0.5, 0.6) is 0 Å². The fourth-order valence-electron chi connectivity index (χ4n) is 2.04. The van der Waals surface area contributed by atoms with E-state index in [0.29, 0.717) is 6.54 Å². The van der Waals surface area contributed by atoms with Gasteiger partial charge in [0.1, 0.15) is 5.82 Å². The van der Waals surface area contributed by atoms with E-state index in [1.54, 1.807) is 6.07 Å². The van der Waals surface area contributed by atoms with Crippen LogP contribution in [-0.4, -0.2) is 42.2 Å². The molecular formula is C15H23FN2O2. The lowest BCUT2D eigenvalue weighted by molar-refractivity contribution is 0.0692. The van der Waals surface area contributed by atoms with Gasteiger partial charge in [0.25, 0.3) is 0 Å². The third kappa shape index (κ3) is 5.27. The molecule has 1 rings (SSSR count). The van der Waals surface area contributed by atoms with Crippen LogP contribution >= 0.6 is 0 Å². The number of hydrogen-bond acceptors (Lipinski definition) is 3. The van der Waals surface area contributed by atoms with Crippen molar-refractivity contribution in [2.75, 3.05) is 26.2 Å². The molecule has 0 radical (unpaired) electrons. The smallest absolute Gasteiger partial charge is 0.338 e. The molecule has 0 unspecified atom stereocenters. The Hall–Kier alpha value is -1.46. The second kappa shape index (κ2) is 8.66. The Kier molecular flexibility index (Phi) is 7.18. The standard InChI is InChI=1S/C15H23FN2O2/c1-3-18(4-2)9-5-8-17-11-12-6-7-13(15(19)20)14(16)10-12/h6-7,10,17H,3-5,8-9,11H2,1-2H3,(H,19,20). The van der Waals surface area contributed by atoms with Crippen molar-refractivity contribution < 1.29 is 14.3 Å². The number of halogens is 1. The van der Waals surface area contributed by atoms with Crippen LogP contribution < -0.4 is 5.32 Å². The molecule has 4 nitrogen and oxygen atoms in total. The SMILES string of the molecule is CCN(CC)CCCNCc1ccc(C(=O)O)c(F)c1. The number of nitrogens with zero attached hydrogens (tertiary/aromatic N) is 1. The second-order valence-electron chi connectivity index (χ2n) is 4.68. The molecule has 0 amide bonds. The summed E-state index contributed by atoms with van der Waals surface area (Å²) in [4.78, 5) is 13.0. The van der Waals surface area contributed by atoms with Crippen molar-refractivity contribution in [3.63, 3.8) is 0 Å². The van der Waals surface area contributed by atoms with E-state index in [-0.39, 0.29) is 5.56 Å². The molecule has 0 saturated carbocycles. The zero-order valence-electron chi connectivity index (χ0n) is 12.2. The first kappa shape index (κ1) is 16.6. The van der Waals surface area contributed by atoms with Crippen LogP contribution in [0.4, 0.5) is 4.39 Å². The van der Waals surface area contributed by atoms with E-state index in [0.717, 1.165) is 38.2 Å². The van der Waals surface area contributed by atoms with Crippen LogP contribution in [0.1, 0.15) is 36.2 Å². The first-order valence-corrected chi connectivity index (χ1v) is 7.03. The fourth-order valence-corrected chi connectivity index (χ4v) is 2.04. The molecular weight excluding hydrogens is 259 g/mol. The number of carboxylic acids is 1. The molecule has 0 aliphatic heterocycles. The Morgan fingerprint density at radius 2 is 2.05 bits per heavy atom. The Balaban J connectivity index is 2.32. The Labute approximate surface area is 119 Å². The largest absolute Gasteiger partial charge is 0.478 e. The number of rotatable bonds is 9. The quantitative estimate of drug-likeness (QED) is 0.683. The highest BCUT2D eigenvalue weighted by molar-refractivity contribution is 5.87. The molecule has 0 fully saturated rings. The van der Waals surface area contributed by atoms with Crippen molar-refractivity contribution in [3.8, 4) is 0 Å². The van der Waals surface area contributed by atoms with Crippen LogP contribution in [0, 0.1) is 5.82 Å². The van der Waals surface area contributed by atoms with Crippen molar-refractivity contribution >= 4 is 5.97 Å². The van der Waals surface area contributed by atoms with Gasteiger partial charge in [0.15, 0.2) is 0 Å². The fraction of sp³-hybridized carbons (Fsp3) is 0.533. The molecule has 0 aliphatic rings. The van der Waals surface area contributed by atoms with Crippen molar-refractivity contribution in [2.45, 2.75) is 26.8 Å². The zero-order chi connectivity index (χ0) is 15.0. The molecule has 0 saturated heterocycles. The Morgan fingerprint density at radius 1 is 1.35 bits per heavy atom. The van der Waals surface area contributed by atoms with E-state index >= 15 is 0 Å². The highest BCUT2D eigenvalue weighted by Gasteiger charge is 2.09. The maximum absolute atomic E-state index is 13.5. The van der Waals surface area contributed by atoms with E-state index in [4.69, 9.17) is 5.11 Å². The summed E-state index contributed by atoms with van der Waals surface area (Å²) in [5.74, 6) is -1.92. The van der Waals surface area contributed by atoms with Crippen LogP contribution in [0.25, 0.3) is 0 Å². The summed E-state index contributed by atoms with van der Waals surface area (Å²) < 4.78 is 13.5. The summed E-state index contributed by atoms with van der Waals surface area (Å²) >= 11 is 0. The summed E-state index contributed by atoms with van der Waals surface area (Å²) in [6.07, 6.45) is 1.04. The number of aromatic carboxylic acids is 1. The number of carboxylic acid groups (broad SMARTS) is 1. The number of benzene rings is 1. The van der Waals surface area contributed by atoms with E-state index in [2.05, 4.69) is 24.1 Å². The monoisotopic (exact) mass is 282 g/mol. The van der Waals surface area contributed by atoms with Gasteiger partial charge in [0.2, 0.25) is 0 Å². The number of hydrogen-bond donors (Lipinski definition) is 2. The van der Waals surface area contributed by atoms with Gasteiger partial charge in [-0.2, -0.15) is 0 Å². The van der Waals surface area contributed by atoms with Crippen LogP contribution in [-0.2, 0) is 6.54 Å². The molecule has 2 N–H and O–H groups in total. The minimum absolute atomic E-state index is 0.282.